The molecule has 4 nitrogen and oxygen atoms in total. The minimum atomic E-state index is 0.0139. The van der Waals surface area contributed by atoms with Gasteiger partial charge >= 0.3 is 0 Å². The summed E-state index contributed by atoms with van der Waals surface area (Å²) in [6.07, 6.45) is 2.35. The molecule has 1 aliphatic rings. The fourth-order valence-electron chi connectivity index (χ4n) is 3.08. The highest BCUT2D eigenvalue weighted by molar-refractivity contribution is 5.49. The van der Waals surface area contributed by atoms with Crippen LogP contribution in [0.4, 0.5) is 0 Å². The third-order valence-electron chi connectivity index (χ3n) is 4.11. The van der Waals surface area contributed by atoms with Gasteiger partial charge in [0.15, 0.2) is 11.5 Å². The fraction of sp³-hybridized carbons (Fsp3) is 0.647. The topological polar surface area (TPSA) is 47.7 Å². The van der Waals surface area contributed by atoms with E-state index in [1.54, 1.807) is 7.11 Å². The van der Waals surface area contributed by atoms with E-state index in [1.807, 2.05) is 12.1 Å². The Hall–Kier alpha value is -1.26. The zero-order valence-corrected chi connectivity index (χ0v) is 13.5. The second-order valence-corrected chi connectivity index (χ2v) is 5.78. The largest absolute Gasteiger partial charge is 0.493 e. The van der Waals surface area contributed by atoms with Crippen molar-refractivity contribution in [3.05, 3.63) is 23.8 Å². The number of hydrogen-bond donors (Lipinski definition) is 1. The SMILES string of the molecule is CCCN(CCC)CC1COc2c(OC)cccc2C1N. The van der Waals surface area contributed by atoms with E-state index >= 15 is 0 Å². The molecule has 1 heterocycles. The maximum absolute atomic E-state index is 6.49. The van der Waals surface area contributed by atoms with Crippen LogP contribution in [0.1, 0.15) is 38.3 Å². The number of hydrogen-bond acceptors (Lipinski definition) is 4. The number of para-hydroxylation sites is 1. The summed E-state index contributed by atoms with van der Waals surface area (Å²) in [4.78, 5) is 2.50. The highest BCUT2D eigenvalue weighted by Crippen LogP contribution is 2.40. The van der Waals surface area contributed by atoms with E-state index in [1.165, 1.54) is 12.8 Å². The minimum Gasteiger partial charge on any atom is -0.493 e. The molecule has 0 aliphatic carbocycles. The number of rotatable bonds is 7. The van der Waals surface area contributed by atoms with Gasteiger partial charge in [0, 0.05) is 24.1 Å². The van der Waals surface area contributed by atoms with Crippen LogP contribution < -0.4 is 15.2 Å². The Balaban J connectivity index is 2.11. The van der Waals surface area contributed by atoms with Crippen molar-refractivity contribution in [2.45, 2.75) is 32.7 Å². The van der Waals surface area contributed by atoms with E-state index in [0.717, 1.165) is 36.7 Å². The minimum absolute atomic E-state index is 0.0139. The number of fused-ring (bicyclic) bond motifs is 1. The van der Waals surface area contributed by atoms with Crippen molar-refractivity contribution in [2.24, 2.45) is 11.7 Å². The lowest BCUT2D eigenvalue weighted by Crippen LogP contribution is -2.41. The molecular weight excluding hydrogens is 264 g/mol. The molecule has 0 radical (unpaired) electrons. The first-order valence-corrected chi connectivity index (χ1v) is 7.98. The van der Waals surface area contributed by atoms with Crippen molar-refractivity contribution in [3.63, 3.8) is 0 Å². The maximum Gasteiger partial charge on any atom is 0.165 e. The van der Waals surface area contributed by atoms with Gasteiger partial charge in [-0.2, -0.15) is 0 Å². The van der Waals surface area contributed by atoms with Crippen LogP contribution in [-0.2, 0) is 0 Å². The Morgan fingerprint density at radius 2 is 2.00 bits per heavy atom. The smallest absolute Gasteiger partial charge is 0.165 e. The first kappa shape index (κ1) is 16.1. The number of nitrogens with two attached hydrogens (primary N) is 1. The third-order valence-corrected chi connectivity index (χ3v) is 4.11. The molecule has 2 rings (SSSR count). The van der Waals surface area contributed by atoms with Gasteiger partial charge in [0.25, 0.3) is 0 Å². The molecule has 1 aromatic carbocycles. The number of nitrogens with zero attached hydrogens (tertiary/aromatic N) is 1. The highest BCUT2D eigenvalue weighted by atomic mass is 16.5. The molecule has 21 heavy (non-hydrogen) atoms. The van der Waals surface area contributed by atoms with E-state index in [0.29, 0.717) is 12.5 Å². The van der Waals surface area contributed by atoms with Crippen LogP contribution in [-0.4, -0.2) is 38.3 Å². The van der Waals surface area contributed by atoms with Crippen LogP contribution in [0.2, 0.25) is 0 Å². The predicted octanol–water partition coefficient (Wildman–Crippen LogP) is 2.83. The van der Waals surface area contributed by atoms with Crippen LogP contribution in [0.5, 0.6) is 11.5 Å². The van der Waals surface area contributed by atoms with Crippen molar-refractivity contribution in [2.75, 3.05) is 33.4 Å². The first-order chi connectivity index (χ1) is 10.2. The van der Waals surface area contributed by atoms with Gasteiger partial charge in [-0.1, -0.05) is 26.0 Å². The molecule has 0 bridgehead atoms. The zero-order chi connectivity index (χ0) is 15.2. The van der Waals surface area contributed by atoms with Crippen molar-refractivity contribution in [1.82, 2.24) is 4.90 Å². The summed E-state index contributed by atoms with van der Waals surface area (Å²) in [6.45, 7) is 8.36. The quantitative estimate of drug-likeness (QED) is 0.839. The van der Waals surface area contributed by atoms with Crippen LogP contribution in [0, 0.1) is 5.92 Å². The molecular formula is C17H28N2O2. The summed E-state index contributed by atoms with van der Waals surface area (Å²) >= 11 is 0. The van der Waals surface area contributed by atoms with E-state index in [9.17, 15) is 0 Å². The summed E-state index contributed by atoms with van der Waals surface area (Å²) in [6, 6.07) is 5.98. The molecule has 4 heteroatoms. The summed E-state index contributed by atoms with van der Waals surface area (Å²) < 4.78 is 11.3. The average Bonchev–Trinajstić information content (AvgIpc) is 2.50. The molecule has 0 saturated carbocycles. The van der Waals surface area contributed by atoms with E-state index < -0.39 is 0 Å². The normalized spacial score (nSPS) is 21.0. The number of ether oxygens (including phenoxy) is 2. The Morgan fingerprint density at radius 1 is 1.29 bits per heavy atom. The first-order valence-electron chi connectivity index (χ1n) is 7.98. The second-order valence-electron chi connectivity index (χ2n) is 5.78. The van der Waals surface area contributed by atoms with E-state index in [4.69, 9.17) is 15.2 Å². The van der Waals surface area contributed by atoms with Gasteiger partial charge in [0.1, 0.15) is 0 Å². The zero-order valence-electron chi connectivity index (χ0n) is 13.5. The van der Waals surface area contributed by atoms with Crippen LogP contribution in [0.3, 0.4) is 0 Å². The molecule has 0 saturated heterocycles. The highest BCUT2D eigenvalue weighted by Gasteiger charge is 2.31. The molecule has 0 aromatic heterocycles. The monoisotopic (exact) mass is 292 g/mol. The van der Waals surface area contributed by atoms with Crippen molar-refractivity contribution >= 4 is 0 Å². The third kappa shape index (κ3) is 3.69. The number of benzene rings is 1. The van der Waals surface area contributed by atoms with Gasteiger partial charge in [-0.15, -0.1) is 0 Å². The Kier molecular flexibility index (Phi) is 5.88. The Bertz CT molecular complexity index is 444. The summed E-state index contributed by atoms with van der Waals surface area (Å²) in [5.41, 5.74) is 7.56. The van der Waals surface area contributed by atoms with Gasteiger partial charge in [-0.25, -0.2) is 0 Å². The van der Waals surface area contributed by atoms with Gasteiger partial charge < -0.3 is 20.1 Å². The van der Waals surface area contributed by atoms with E-state index in [2.05, 4.69) is 24.8 Å². The van der Waals surface area contributed by atoms with Gasteiger partial charge in [-0.05, 0) is 32.0 Å². The average molecular weight is 292 g/mol. The Morgan fingerprint density at radius 3 is 2.62 bits per heavy atom. The van der Waals surface area contributed by atoms with Crippen LogP contribution in [0.25, 0.3) is 0 Å². The van der Waals surface area contributed by atoms with Crippen LogP contribution >= 0.6 is 0 Å². The molecule has 2 atom stereocenters. The standard InChI is InChI=1S/C17H28N2O2/c1-4-9-19(10-5-2)11-13-12-21-17-14(16(13)18)7-6-8-15(17)20-3/h6-8,13,16H,4-5,9-12,18H2,1-3H3. The molecule has 0 spiro atoms. The predicted molar refractivity (Wildman–Crippen MR) is 85.9 cm³/mol. The molecule has 0 amide bonds. The molecule has 1 aliphatic heterocycles. The summed E-state index contributed by atoms with van der Waals surface area (Å²) in [5.74, 6) is 1.93. The summed E-state index contributed by atoms with van der Waals surface area (Å²) in [7, 11) is 1.67. The molecule has 0 fully saturated rings. The van der Waals surface area contributed by atoms with Gasteiger partial charge in [-0.3, -0.25) is 0 Å². The fourth-order valence-corrected chi connectivity index (χ4v) is 3.08. The Labute approximate surface area is 128 Å². The van der Waals surface area contributed by atoms with Crippen LogP contribution in [0.15, 0.2) is 18.2 Å². The van der Waals surface area contributed by atoms with Crippen molar-refractivity contribution < 1.29 is 9.47 Å². The molecule has 2 N–H and O–H groups in total. The lowest BCUT2D eigenvalue weighted by molar-refractivity contribution is 0.135. The van der Waals surface area contributed by atoms with E-state index in [-0.39, 0.29) is 6.04 Å². The lowest BCUT2D eigenvalue weighted by Gasteiger charge is -2.35. The lowest BCUT2D eigenvalue weighted by atomic mass is 9.90. The number of methoxy groups -OCH3 is 1. The van der Waals surface area contributed by atoms with Gasteiger partial charge in [0.2, 0.25) is 0 Å². The molecule has 118 valence electrons. The molecule has 2 unspecified atom stereocenters. The maximum atomic E-state index is 6.49. The van der Waals surface area contributed by atoms with Crippen molar-refractivity contribution in [1.29, 1.82) is 0 Å². The second kappa shape index (κ2) is 7.66. The molecule has 1 aromatic rings. The van der Waals surface area contributed by atoms with Crippen molar-refractivity contribution in [3.8, 4) is 11.5 Å². The van der Waals surface area contributed by atoms with Gasteiger partial charge in [0.05, 0.1) is 13.7 Å². The summed E-state index contributed by atoms with van der Waals surface area (Å²) in [5, 5.41) is 0.